The summed E-state index contributed by atoms with van der Waals surface area (Å²) in [6, 6.07) is 0. The summed E-state index contributed by atoms with van der Waals surface area (Å²) in [5.74, 6) is -0.0787. The average Bonchev–Trinajstić information content (AvgIpc) is 1.35. The topological polar surface area (TPSA) is 34.1 Å². The Morgan fingerprint density at radius 1 is 1.71 bits per heavy atom. The Bertz CT molecular complexity index is 70.1. The van der Waals surface area contributed by atoms with Crippen molar-refractivity contribution in [2.24, 2.45) is 0 Å². The molecule has 0 spiro atoms. The van der Waals surface area contributed by atoms with Crippen LogP contribution in [0.3, 0.4) is 0 Å². The Labute approximate surface area is 61.4 Å². The van der Waals surface area contributed by atoms with Crippen molar-refractivity contribution in [3.05, 3.63) is 0 Å². The molecule has 0 aromatic carbocycles. The summed E-state index contributed by atoms with van der Waals surface area (Å²) >= 11 is 0. The second-order valence-corrected chi connectivity index (χ2v) is 1.07. The first-order chi connectivity index (χ1) is 2.77. The molecule has 3 heteroatoms. The van der Waals surface area contributed by atoms with Crippen LogP contribution in [0.1, 0.15) is 13.3 Å². The van der Waals surface area contributed by atoms with E-state index in [2.05, 4.69) is 0 Å². The van der Waals surface area contributed by atoms with Gasteiger partial charge in [0.05, 0.1) is 6.42 Å². The maximum absolute atomic E-state index is 9.81. The molecule has 0 aliphatic rings. The van der Waals surface area contributed by atoms with Gasteiger partial charge < -0.3 is 4.79 Å². The van der Waals surface area contributed by atoms with Gasteiger partial charge in [0.2, 0.25) is 0 Å². The molecule has 0 fully saturated rings. The van der Waals surface area contributed by atoms with E-state index in [1.807, 2.05) is 0 Å². The molecule has 0 unspecified atom stereocenters. The van der Waals surface area contributed by atoms with E-state index in [9.17, 15) is 9.59 Å². The van der Waals surface area contributed by atoms with Crippen molar-refractivity contribution in [2.75, 3.05) is 0 Å². The molecule has 0 saturated heterocycles. The van der Waals surface area contributed by atoms with Crippen molar-refractivity contribution < 1.29 is 35.8 Å². The molecule has 0 bridgehead atoms. The average molecular weight is 177 g/mol. The number of ketones is 1. The third-order valence-electron chi connectivity index (χ3n) is 0.371. The van der Waals surface area contributed by atoms with E-state index in [-0.39, 0.29) is 38.4 Å². The van der Waals surface area contributed by atoms with Gasteiger partial charge in [-0.2, -0.15) is 0 Å². The van der Waals surface area contributed by atoms with Gasteiger partial charge in [-0.3, -0.25) is 4.79 Å². The fraction of sp³-hybridized carbons (Fsp3) is 0.500. The van der Waals surface area contributed by atoms with Crippen LogP contribution < -0.4 is 0 Å². The smallest absolute Gasteiger partial charge is 0.136 e. The summed E-state index contributed by atoms with van der Waals surface area (Å²) in [7, 11) is 0. The molecule has 0 heterocycles. The van der Waals surface area contributed by atoms with Crippen LogP contribution in [0.15, 0.2) is 0 Å². The largest absolute Gasteiger partial charge is 0.303 e. The third-order valence-corrected chi connectivity index (χ3v) is 0.371. The fourth-order valence-corrected chi connectivity index (χ4v) is 0.117. The van der Waals surface area contributed by atoms with Crippen LogP contribution in [0.4, 0.5) is 0 Å². The predicted molar refractivity (Wildman–Crippen MR) is 21.4 cm³/mol. The normalized spacial score (nSPS) is 6.43. The zero-order valence-corrected chi connectivity index (χ0v) is 6.56. The molecule has 38 valence electrons. The quantitative estimate of drug-likeness (QED) is 0.445. The SMILES string of the molecule is CC(=O)CC=O.[Zr]. The van der Waals surface area contributed by atoms with E-state index < -0.39 is 0 Å². The molecular weight excluding hydrogens is 171 g/mol. The van der Waals surface area contributed by atoms with Crippen molar-refractivity contribution in [1.82, 2.24) is 0 Å². The van der Waals surface area contributed by atoms with Crippen LogP contribution in [0.5, 0.6) is 0 Å². The molecule has 0 aliphatic carbocycles. The van der Waals surface area contributed by atoms with Gasteiger partial charge in [0.1, 0.15) is 12.1 Å². The summed E-state index contributed by atoms with van der Waals surface area (Å²) in [5, 5.41) is 0. The third kappa shape index (κ3) is 10.7. The fourth-order valence-electron chi connectivity index (χ4n) is 0.117. The number of Topliss-reactive ketones (excluding diaryl/α,β-unsaturated/α-hetero) is 1. The molecule has 0 aromatic heterocycles. The first-order valence-electron chi connectivity index (χ1n) is 1.70. The number of hydrogen-bond acceptors (Lipinski definition) is 2. The second kappa shape index (κ2) is 6.22. The summed E-state index contributed by atoms with van der Waals surface area (Å²) < 4.78 is 0. The molecule has 0 amide bonds. The first-order valence-corrected chi connectivity index (χ1v) is 1.70. The first kappa shape index (κ1) is 10.3. The summed E-state index contributed by atoms with van der Waals surface area (Å²) in [5.41, 5.74) is 0. The molecule has 0 radical (unpaired) electrons. The number of rotatable bonds is 2. The predicted octanol–water partition coefficient (Wildman–Crippen LogP) is 0.162. The van der Waals surface area contributed by atoms with E-state index >= 15 is 0 Å². The van der Waals surface area contributed by atoms with Gasteiger partial charge in [-0.05, 0) is 6.92 Å². The minimum absolute atomic E-state index is 0. The van der Waals surface area contributed by atoms with Crippen LogP contribution in [-0.4, -0.2) is 12.1 Å². The van der Waals surface area contributed by atoms with Crippen molar-refractivity contribution >= 4 is 12.1 Å². The Hall–Kier alpha value is 0.223. The molecule has 0 aromatic rings. The van der Waals surface area contributed by atoms with Crippen LogP contribution in [-0.2, 0) is 35.8 Å². The van der Waals surface area contributed by atoms with E-state index in [1.54, 1.807) is 0 Å². The molecule has 2 nitrogen and oxygen atoms in total. The molecular formula is C4H6O2Zr. The van der Waals surface area contributed by atoms with Crippen LogP contribution >= 0.6 is 0 Å². The second-order valence-electron chi connectivity index (χ2n) is 1.07. The monoisotopic (exact) mass is 176 g/mol. The maximum Gasteiger partial charge on any atom is 0.136 e. The van der Waals surface area contributed by atoms with E-state index in [1.165, 1.54) is 6.92 Å². The Kier molecular flexibility index (Phi) is 9.12. The molecule has 0 atom stereocenters. The number of carbonyl (C=O) groups is 2. The summed E-state index contributed by atoms with van der Waals surface area (Å²) in [6.45, 7) is 1.38. The van der Waals surface area contributed by atoms with E-state index in [0.717, 1.165) is 0 Å². The number of hydrogen-bond donors (Lipinski definition) is 0. The van der Waals surface area contributed by atoms with Crippen molar-refractivity contribution in [3.63, 3.8) is 0 Å². The van der Waals surface area contributed by atoms with Gasteiger partial charge in [0.25, 0.3) is 0 Å². The summed E-state index contributed by atoms with van der Waals surface area (Å²) in [4.78, 5) is 19.2. The number of carbonyl (C=O) groups excluding carboxylic acids is 2. The summed E-state index contributed by atoms with van der Waals surface area (Å²) in [6.07, 6.45) is 0.655. The zero-order valence-electron chi connectivity index (χ0n) is 4.10. The molecule has 0 N–H and O–H groups in total. The van der Waals surface area contributed by atoms with Crippen LogP contribution in [0.25, 0.3) is 0 Å². The van der Waals surface area contributed by atoms with Crippen molar-refractivity contribution in [3.8, 4) is 0 Å². The Morgan fingerprint density at radius 2 is 2.14 bits per heavy atom. The minimum atomic E-state index is -0.0787. The van der Waals surface area contributed by atoms with E-state index in [4.69, 9.17) is 0 Å². The molecule has 0 saturated carbocycles. The van der Waals surface area contributed by atoms with Gasteiger partial charge in [-0.1, -0.05) is 0 Å². The number of aldehydes is 1. The van der Waals surface area contributed by atoms with Gasteiger partial charge in [0.15, 0.2) is 0 Å². The van der Waals surface area contributed by atoms with Crippen molar-refractivity contribution in [1.29, 1.82) is 0 Å². The Balaban J connectivity index is 0. The van der Waals surface area contributed by atoms with Gasteiger partial charge in [-0.15, -0.1) is 0 Å². The Morgan fingerprint density at radius 3 is 2.14 bits per heavy atom. The molecule has 7 heavy (non-hydrogen) atoms. The minimum Gasteiger partial charge on any atom is -0.303 e. The van der Waals surface area contributed by atoms with Gasteiger partial charge in [-0.25, -0.2) is 0 Å². The van der Waals surface area contributed by atoms with Crippen molar-refractivity contribution in [2.45, 2.75) is 13.3 Å². The zero-order chi connectivity index (χ0) is 4.99. The van der Waals surface area contributed by atoms with Crippen LogP contribution in [0, 0.1) is 0 Å². The standard InChI is InChI=1S/C4H6O2.Zr/c1-4(6)2-3-5;/h3H,2H2,1H3;. The maximum atomic E-state index is 9.81. The van der Waals surface area contributed by atoms with Gasteiger partial charge in [0, 0.05) is 26.2 Å². The van der Waals surface area contributed by atoms with E-state index in [0.29, 0.717) is 6.29 Å². The van der Waals surface area contributed by atoms with Gasteiger partial charge >= 0.3 is 0 Å². The molecule has 0 rings (SSSR count). The molecule has 0 aliphatic heterocycles. The van der Waals surface area contributed by atoms with Crippen LogP contribution in [0.2, 0.25) is 0 Å².